The van der Waals surface area contributed by atoms with Crippen LogP contribution in [-0.4, -0.2) is 21.1 Å². The molecular weight excluding hydrogens is 345 g/mol. The number of pyridine rings is 1. The minimum atomic E-state index is -0.402. The van der Waals surface area contributed by atoms with E-state index in [9.17, 15) is 9.18 Å². The van der Waals surface area contributed by atoms with Crippen molar-refractivity contribution in [3.8, 4) is 11.1 Å². The number of hydrogen-bond acceptors (Lipinski definition) is 4. The third-order valence-corrected chi connectivity index (χ3v) is 4.26. The van der Waals surface area contributed by atoms with Crippen LogP contribution in [0.5, 0.6) is 0 Å². The summed E-state index contributed by atoms with van der Waals surface area (Å²) in [4.78, 5) is 16.4. The molecule has 0 radical (unpaired) electrons. The largest absolute Gasteiger partial charge is 0.382 e. The quantitative estimate of drug-likeness (QED) is 0.518. The molecule has 0 bridgehead atoms. The Labute approximate surface area is 154 Å². The first kappa shape index (κ1) is 16.7. The highest BCUT2D eigenvalue weighted by Crippen LogP contribution is 2.27. The molecule has 134 valence electrons. The minimum absolute atomic E-state index is 0.0594. The molecule has 0 fully saturated rings. The van der Waals surface area contributed by atoms with Crippen molar-refractivity contribution in [2.75, 3.05) is 11.1 Å². The normalized spacial score (nSPS) is 10.9. The highest BCUT2D eigenvalue weighted by molar-refractivity contribution is 5.94. The van der Waals surface area contributed by atoms with Gasteiger partial charge >= 0.3 is 0 Å². The number of aromatic amines is 1. The average Bonchev–Trinajstić information content (AvgIpc) is 3.04. The summed E-state index contributed by atoms with van der Waals surface area (Å²) in [6, 6.07) is 15.6. The predicted molar refractivity (Wildman–Crippen MR) is 102 cm³/mol. The fourth-order valence-corrected chi connectivity index (χ4v) is 2.89. The third kappa shape index (κ3) is 3.48. The number of hydrogen-bond donors (Lipinski definition) is 3. The number of carbonyl (C=O) groups is 1. The number of nitrogens with one attached hydrogen (secondary N) is 2. The van der Waals surface area contributed by atoms with Gasteiger partial charge in [-0.2, -0.15) is 5.10 Å². The highest BCUT2D eigenvalue weighted by atomic mass is 19.1. The molecular formula is C20H16FN5O. The number of anilines is 2. The van der Waals surface area contributed by atoms with Crippen LogP contribution in [0.3, 0.4) is 0 Å². The van der Waals surface area contributed by atoms with Crippen LogP contribution in [0.25, 0.3) is 22.0 Å². The molecule has 0 atom stereocenters. The molecule has 0 aliphatic heterocycles. The fraction of sp³-hybridized carbons (Fsp3) is 0.0500. The van der Waals surface area contributed by atoms with Gasteiger partial charge in [-0.1, -0.05) is 24.3 Å². The monoisotopic (exact) mass is 361 g/mol. The van der Waals surface area contributed by atoms with E-state index in [4.69, 9.17) is 5.73 Å². The number of carbonyl (C=O) groups excluding carboxylic acids is 1. The Kier molecular flexibility index (Phi) is 4.25. The van der Waals surface area contributed by atoms with Crippen molar-refractivity contribution < 1.29 is 9.18 Å². The van der Waals surface area contributed by atoms with E-state index in [1.165, 1.54) is 6.07 Å². The van der Waals surface area contributed by atoms with Crippen LogP contribution in [0.4, 0.5) is 16.0 Å². The topological polar surface area (TPSA) is 96.7 Å². The summed E-state index contributed by atoms with van der Waals surface area (Å²) in [6.07, 6.45) is 1.55. The van der Waals surface area contributed by atoms with E-state index in [1.54, 1.807) is 30.5 Å². The van der Waals surface area contributed by atoms with Gasteiger partial charge in [0.2, 0.25) is 5.91 Å². The lowest BCUT2D eigenvalue weighted by Crippen LogP contribution is -2.16. The van der Waals surface area contributed by atoms with Gasteiger partial charge in [-0.25, -0.2) is 9.37 Å². The van der Waals surface area contributed by atoms with Gasteiger partial charge in [-0.3, -0.25) is 9.89 Å². The second kappa shape index (κ2) is 6.87. The molecule has 2 aromatic heterocycles. The number of nitrogens with two attached hydrogens (primary N) is 1. The van der Waals surface area contributed by atoms with Crippen molar-refractivity contribution in [3.05, 3.63) is 72.2 Å². The Balaban J connectivity index is 1.55. The predicted octanol–water partition coefficient (Wildman–Crippen LogP) is 3.53. The maximum absolute atomic E-state index is 13.7. The van der Waals surface area contributed by atoms with Crippen LogP contribution in [0.15, 0.2) is 60.8 Å². The fourth-order valence-electron chi connectivity index (χ4n) is 2.89. The van der Waals surface area contributed by atoms with Crippen molar-refractivity contribution in [3.63, 3.8) is 0 Å². The molecule has 4 aromatic rings. The number of aromatic nitrogens is 3. The average molecular weight is 361 g/mol. The molecule has 1 amide bonds. The zero-order valence-corrected chi connectivity index (χ0v) is 14.2. The summed E-state index contributed by atoms with van der Waals surface area (Å²) in [5.74, 6) is 0.0908. The molecule has 4 N–H and O–H groups in total. The number of rotatable bonds is 4. The lowest BCUT2D eigenvalue weighted by atomic mass is 10.0. The van der Waals surface area contributed by atoms with Crippen LogP contribution >= 0.6 is 0 Å². The zero-order valence-electron chi connectivity index (χ0n) is 14.2. The molecule has 0 spiro atoms. The minimum Gasteiger partial charge on any atom is -0.382 e. The van der Waals surface area contributed by atoms with Crippen molar-refractivity contribution in [1.82, 2.24) is 15.2 Å². The van der Waals surface area contributed by atoms with E-state index in [0.29, 0.717) is 17.2 Å². The van der Waals surface area contributed by atoms with Crippen LogP contribution in [-0.2, 0) is 11.2 Å². The van der Waals surface area contributed by atoms with E-state index < -0.39 is 5.82 Å². The number of halogens is 1. The van der Waals surface area contributed by atoms with Gasteiger partial charge in [0.1, 0.15) is 11.6 Å². The van der Waals surface area contributed by atoms with Gasteiger partial charge in [-0.15, -0.1) is 0 Å². The first-order chi connectivity index (χ1) is 13.1. The van der Waals surface area contributed by atoms with Crippen LogP contribution in [0, 0.1) is 5.82 Å². The summed E-state index contributed by atoms with van der Waals surface area (Å²) in [7, 11) is 0. The second-order valence-corrected chi connectivity index (χ2v) is 6.12. The van der Waals surface area contributed by atoms with Gasteiger partial charge in [0.05, 0.1) is 11.9 Å². The lowest BCUT2D eigenvalue weighted by molar-refractivity contribution is -0.115. The maximum Gasteiger partial charge on any atom is 0.230 e. The Morgan fingerprint density at radius 2 is 1.93 bits per heavy atom. The number of amides is 1. The standard InChI is InChI=1S/C20H16FN5O/c21-16-4-2-1-3-14(16)11-19(27)24-18-10-13(7-8-23-18)12-5-6-17-15(9-12)20(22)26-25-17/h1-10H,11H2,(H3,22,25,26)(H,23,24,27). The Morgan fingerprint density at radius 3 is 2.78 bits per heavy atom. The number of benzene rings is 2. The first-order valence-electron chi connectivity index (χ1n) is 8.33. The number of H-pyrrole nitrogens is 1. The summed E-state index contributed by atoms with van der Waals surface area (Å²) in [5.41, 5.74) is 8.84. The molecule has 6 nitrogen and oxygen atoms in total. The van der Waals surface area contributed by atoms with Crippen molar-refractivity contribution in [2.45, 2.75) is 6.42 Å². The number of nitrogens with zero attached hydrogens (tertiary/aromatic N) is 2. The van der Waals surface area contributed by atoms with Gasteiger partial charge in [-0.05, 0) is 47.0 Å². The van der Waals surface area contributed by atoms with Crippen molar-refractivity contribution in [1.29, 1.82) is 0 Å². The van der Waals surface area contributed by atoms with Crippen LogP contribution < -0.4 is 11.1 Å². The number of nitrogen functional groups attached to an aromatic ring is 1. The zero-order chi connectivity index (χ0) is 18.8. The van der Waals surface area contributed by atoms with E-state index in [1.807, 2.05) is 24.3 Å². The molecule has 0 aliphatic carbocycles. The highest BCUT2D eigenvalue weighted by Gasteiger charge is 2.10. The molecule has 2 aromatic carbocycles. The molecule has 2 heterocycles. The first-order valence-corrected chi connectivity index (χ1v) is 8.33. The van der Waals surface area contributed by atoms with Gasteiger partial charge < -0.3 is 11.1 Å². The van der Waals surface area contributed by atoms with Gasteiger partial charge in [0.15, 0.2) is 5.82 Å². The lowest BCUT2D eigenvalue weighted by Gasteiger charge is -2.08. The van der Waals surface area contributed by atoms with E-state index in [2.05, 4.69) is 20.5 Å². The second-order valence-electron chi connectivity index (χ2n) is 6.12. The SMILES string of the molecule is Nc1n[nH]c2ccc(-c3ccnc(NC(=O)Cc4ccccc4F)c3)cc12. The van der Waals surface area contributed by atoms with E-state index >= 15 is 0 Å². The molecule has 0 unspecified atom stereocenters. The molecule has 0 saturated heterocycles. The smallest absolute Gasteiger partial charge is 0.230 e. The third-order valence-electron chi connectivity index (χ3n) is 4.26. The van der Waals surface area contributed by atoms with Crippen molar-refractivity contribution in [2.24, 2.45) is 0 Å². The van der Waals surface area contributed by atoms with E-state index in [-0.39, 0.29) is 12.3 Å². The summed E-state index contributed by atoms with van der Waals surface area (Å²) < 4.78 is 13.7. The Hall–Kier alpha value is -3.74. The molecule has 4 rings (SSSR count). The summed E-state index contributed by atoms with van der Waals surface area (Å²) in [5, 5.41) is 10.4. The van der Waals surface area contributed by atoms with Crippen LogP contribution in [0.2, 0.25) is 0 Å². The summed E-state index contributed by atoms with van der Waals surface area (Å²) in [6.45, 7) is 0. The van der Waals surface area contributed by atoms with Gasteiger partial charge in [0, 0.05) is 11.6 Å². The maximum atomic E-state index is 13.7. The van der Waals surface area contributed by atoms with Crippen molar-refractivity contribution >= 4 is 28.4 Å². The molecule has 0 aliphatic rings. The van der Waals surface area contributed by atoms with Gasteiger partial charge in [0.25, 0.3) is 0 Å². The van der Waals surface area contributed by atoms with Crippen LogP contribution in [0.1, 0.15) is 5.56 Å². The van der Waals surface area contributed by atoms with E-state index in [0.717, 1.165) is 22.0 Å². The Morgan fingerprint density at radius 1 is 1.11 bits per heavy atom. The molecule has 27 heavy (non-hydrogen) atoms. The molecule has 7 heteroatoms. The molecule has 0 saturated carbocycles. The summed E-state index contributed by atoms with van der Waals surface area (Å²) >= 11 is 0. The Bertz CT molecular complexity index is 1140. The number of fused-ring (bicyclic) bond motifs is 1.